The average molecular weight is 312 g/mol. The first kappa shape index (κ1) is 17.1. The molecule has 1 N–H and O–H groups in total. The summed E-state index contributed by atoms with van der Waals surface area (Å²) in [6.45, 7) is 2.17. The van der Waals surface area contributed by atoms with E-state index in [-0.39, 0.29) is 0 Å². The van der Waals surface area contributed by atoms with E-state index in [0.29, 0.717) is 18.4 Å². The minimum Gasteiger partial charge on any atom is -0.385 e. The number of alkyl halides is 3. The molecule has 1 aromatic rings. The molecule has 1 aromatic carbocycles. The van der Waals surface area contributed by atoms with Gasteiger partial charge in [0, 0.05) is 0 Å². The molecule has 0 radical (unpaired) electrons. The predicted molar refractivity (Wildman–Crippen MR) is 81.4 cm³/mol. The first-order valence-electron chi connectivity index (χ1n) is 7.93. The molecule has 1 aliphatic rings. The zero-order valence-electron chi connectivity index (χ0n) is 12.9. The van der Waals surface area contributed by atoms with Gasteiger partial charge in [-0.1, -0.05) is 43.5 Å². The molecule has 2 rings (SSSR count). The summed E-state index contributed by atoms with van der Waals surface area (Å²) in [6, 6.07) is 4.90. The van der Waals surface area contributed by atoms with Crippen molar-refractivity contribution in [3.63, 3.8) is 0 Å². The van der Waals surface area contributed by atoms with Crippen LogP contribution in [-0.4, -0.2) is 5.11 Å². The maximum Gasteiger partial charge on any atom is 0.416 e. The van der Waals surface area contributed by atoms with Crippen LogP contribution in [0.15, 0.2) is 35.9 Å². The third-order valence-electron chi connectivity index (χ3n) is 4.44. The van der Waals surface area contributed by atoms with E-state index in [1.54, 1.807) is 0 Å². The number of benzene rings is 1. The molecule has 1 atom stereocenters. The van der Waals surface area contributed by atoms with Crippen LogP contribution in [0.3, 0.4) is 0 Å². The lowest BCUT2D eigenvalue weighted by Gasteiger charge is -2.32. The highest BCUT2D eigenvalue weighted by Gasteiger charge is 2.34. The Labute approximate surface area is 129 Å². The normalized spacial score (nSPS) is 22.5. The molecule has 0 fully saturated rings. The Balaban J connectivity index is 2.03. The first-order valence-corrected chi connectivity index (χ1v) is 7.93. The Morgan fingerprint density at radius 3 is 2.32 bits per heavy atom. The van der Waals surface area contributed by atoms with E-state index < -0.39 is 17.3 Å². The van der Waals surface area contributed by atoms with E-state index in [1.807, 2.05) is 0 Å². The number of rotatable bonds is 5. The van der Waals surface area contributed by atoms with E-state index >= 15 is 0 Å². The number of unbranched alkanes of at least 4 members (excludes halogenated alkanes) is 2. The Bertz CT molecular complexity index is 516. The lowest BCUT2D eigenvalue weighted by atomic mass is 9.79. The molecule has 0 bridgehead atoms. The van der Waals surface area contributed by atoms with Crippen LogP contribution in [-0.2, 0) is 11.8 Å². The molecule has 0 saturated heterocycles. The van der Waals surface area contributed by atoms with Gasteiger partial charge in [0.1, 0.15) is 0 Å². The second kappa shape index (κ2) is 6.86. The molecule has 0 aromatic heterocycles. The van der Waals surface area contributed by atoms with Gasteiger partial charge in [-0.2, -0.15) is 13.2 Å². The van der Waals surface area contributed by atoms with Gasteiger partial charge in [0.25, 0.3) is 0 Å². The molecule has 0 spiro atoms. The number of allylic oxidation sites excluding steroid dienone is 1. The molecular weight excluding hydrogens is 289 g/mol. The largest absolute Gasteiger partial charge is 0.416 e. The molecule has 0 aliphatic heterocycles. The fourth-order valence-corrected chi connectivity index (χ4v) is 2.95. The second-order valence-corrected chi connectivity index (χ2v) is 6.13. The lowest BCUT2D eigenvalue weighted by molar-refractivity contribution is -0.137. The van der Waals surface area contributed by atoms with Crippen LogP contribution >= 0.6 is 0 Å². The van der Waals surface area contributed by atoms with Gasteiger partial charge in [-0.05, 0) is 49.8 Å². The van der Waals surface area contributed by atoms with Crippen molar-refractivity contribution >= 4 is 0 Å². The summed E-state index contributed by atoms with van der Waals surface area (Å²) in [5.74, 6) is 0. The zero-order valence-corrected chi connectivity index (χ0v) is 12.9. The van der Waals surface area contributed by atoms with Crippen molar-refractivity contribution in [2.75, 3.05) is 0 Å². The molecule has 122 valence electrons. The summed E-state index contributed by atoms with van der Waals surface area (Å²) in [7, 11) is 0. The van der Waals surface area contributed by atoms with Crippen LogP contribution in [0.5, 0.6) is 0 Å². The van der Waals surface area contributed by atoms with Crippen molar-refractivity contribution in [1.82, 2.24) is 0 Å². The second-order valence-electron chi connectivity index (χ2n) is 6.13. The maximum atomic E-state index is 12.6. The van der Waals surface area contributed by atoms with Crippen molar-refractivity contribution in [3.05, 3.63) is 47.0 Å². The molecule has 0 saturated carbocycles. The maximum absolute atomic E-state index is 12.6. The highest BCUT2D eigenvalue weighted by molar-refractivity contribution is 5.31. The van der Waals surface area contributed by atoms with E-state index in [0.717, 1.165) is 25.0 Å². The van der Waals surface area contributed by atoms with Gasteiger partial charge in [0.05, 0.1) is 11.2 Å². The summed E-state index contributed by atoms with van der Waals surface area (Å²) >= 11 is 0. The highest BCUT2D eigenvalue weighted by Crippen LogP contribution is 2.38. The average Bonchev–Trinajstić information content (AvgIpc) is 2.49. The number of hydrogen-bond donors (Lipinski definition) is 1. The van der Waals surface area contributed by atoms with Crippen LogP contribution in [0, 0.1) is 0 Å². The topological polar surface area (TPSA) is 20.2 Å². The van der Waals surface area contributed by atoms with Crippen LogP contribution < -0.4 is 0 Å². The van der Waals surface area contributed by atoms with E-state index in [1.165, 1.54) is 37.0 Å². The predicted octanol–water partition coefficient (Wildman–Crippen LogP) is 5.58. The van der Waals surface area contributed by atoms with Gasteiger partial charge in [-0.25, -0.2) is 0 Å². The zero-order chi connectivity index (χ0) is 16.2. The standard InChI is InChI=1S/C18H23F3O/c1-2-3-4-5-14-10-12-17(22,13-11-14)15-6-8-16(9-7-15)18(19,20)21/h6-10,22H,2-5,11-13H2,1H3. The summed E-state index contributed by atoms with van der Waals surface area (Å²) in [5.41, 5.74) is 0.235. The van der Waals surface area contributed by atoms with Crippen molar-refractivity contribution in [1.29, 1.82) is 0 Å². The smallest absolute Gasteiger partial charge is 0.385 e. The summed E-state index contributed by atoms with van der Waals surface area (Å²) < 4.78 is 37.8. The lowest BCUT2D eigenvalue weighted by Crippen LogP contribution is -2.27. The van der Waals surface area contributed by atoms with Gasteiger partial charge < -0.3 is 5.11 Å². The van der Waals surface area contributed by atoms with Gasteiger partial charge in [0.2, 0.25) is 0 Å². The minimum absolute atomic E-state index is 0.486. The number of hydrogen-bond acceptors (Lipinski definition) is 1. The summed E-state index contributed by atoms with van der Waals surface area (Å²) in [5, 5.41) is 10.7. The van der Waals surface area contributed by atoms with Crippen LogP contribution in [0.4, 0.5) is 13.2 Å². The molecule has 0 amide bonds. The molecule has 0 heterocycles. The van der Waals surface area contributed by atoms with Crippen LogP contribution in [0.2, 0.25) is 0 Å². The Morgan fingerprint density at radius 1 is 1.14 bits per heavy atom. The number of aliphatic hydroxyl groups is 1. The van der Waals surface area contributed by atoms with Crippen molar-refractivity contribution in [2.24, 2.45) is 0 Å². The van der Waals surface area contributed by atoms with E-state index in [9.17, 15) is 18.3 Å². The summed E-state index contributed by atoms with van der Waals surface area (Å²) in [6.07, 6.45) is 4.25. The Hall–Kier alpha value is -1.29. The van der Waals surface area contributed by atoms with E-state index in [4.69, 9.17) is 0 Å². The van der Waals surface area contributed by atoms with Crippen LogP contribution in [0.1, 0.15) is 63.0 Å². The van der Waals surface area contributed by atoms with Crippen molar-refractivity contribution in [3.8, 4) is 0 Å². The minimum atomic E-state index is -4.33. The quantitative estimate of drug-likeness (QED) is 0.555. The molecule has 1 nitrogen and oxygen atoms in total. The fraction of sp³-hybridized carbons (Fsp3) is 0.556. The number of halogens is 3. The highest BCUT2D eigenvalue weighted by atomic mass is 19.4. The Kier molecular flexibility index (Phi) is 5.32. The third-order valence-corrected chi connectivity index (χ3v) is 4.44. The van der Waals surface area contributed by atoms with Gasteiger partial charge >= 0.3 is 6.18 Å². The third kappa shape index (κ3) is 4.13. The molecule has 22 heavy (non-hydrogen) atoms. The first-order chi connectivity index (χ1) is 10.3. The monoisotopic (exact) mass is 312 g/mol. The van der Waals surface area contributed by atoms with E-state index in [2.05, 4.69) is 13.0 Å². The molecule has 1 aliphatic carbocycles. The molecular formula is C18H23F3O. The van der Waals surface area contributed by atoms with Gasteiger partial charge in [-0.3, -0.25) is 0 Å². The molecule has 1 unspecified atom stereocenters. The van der Waals surface area contributed by atoms with Gasteiger partial charge in [-0.15, -0.1) is 0 Å². The summed E-state index contributed by atoms with van der Waals surface area (Å²) in [4.78, 5) is 0. The van der Waals surface area contributed by atoms with Crippen LogP contribution in [0.25, 0.3) is 0 Å². The molecule has 4 heteroatoms. The fourth-order valence-electron chi connectivity index (χ4n) is 2.95. The van der Waals surface area contributed by atoms with Gasteiger partial charge in [0.15, 0.2) is 0 Å². The van der Waals surface area contributed by atoms with Crippen molar-refractivity contribution < 1.29 is 18.3 Å². The Morgan fingerprint density at radius 2 is 1.82 bits per heavy atom. The van der Waals surface area contributed by atoms with Crippen molar-refractivity contribution in [2.45, 2.75) is 63.6 Å². The SMILES string of the molecule is CCCCCC1=CCC(O)(c2ccc(C(F)(F)F)cc2)CC1.